The summed E-state index contributed by atoms with van der Waals surface area (Å²) < 4.78 is 12.7. The van der Waals surface area contributed by atoms with E-state index in [9.17, 15) is 4.39 Å². The molecule has 1 nitrogen and oxygen atoms in total. The Morgan fingerprint density at radius 1 is 1.33 bits per heavy atom. The van der Waals surface area contributed by atoms with E-state index in [1.807, 2.05) is 24.3 Å². The van der Waals surface area contributed by atoms with Gasteiger partial charge in [0.25, 0.3) is 0 Å². The van der Waals surface area contributed by atoms with Gasteiger partial charge in [-0.1, -0.05) is 39.0 Å². The Kier molecular flexibility index (Phi) is 4.17. The monoisotopic (exact) mass is 227 g/mol. The molecule has 0 aromatic heterocycles. The minimum Gasteiger partial charge on any atom is -0.322 e. The van der Waals surface area contributed by atoms with E-state index < -0.39 is 12.7 Å². The van der Waals surface area contributed by atoms with Gasteiger partial charge in [0, 0.05) is 9.64 Å². The minimum atomic E-state index is -0.512. The molecule has 0 amide bonds. The maximum absolute atomic E-state index is 12.6. The average molecular weight is 227 g/mol. The third-order valence-corrected chi connectivity index (χ3v) is 3.10. The molecule has 0 heterocycles. The molecule has 2 N–H and O–H groups in total. The fraction of sp³-hybridized carbons (Fsp3) is 0.500. The van der Waals surface area contributed by atoms with Crippen molar-refractivity contribution in [2.24, 2.45) is 5.73 Å². The Morgan fingerprint density at radius 2 is 1.93 bits per heavy atom. The number of alkyl halides is 1. The SMILES string of the molecule is CC(C)(C)Sc1ccccc1[C@@H](N)CF. The lowest BCUT2D eigenvalue weighted by atomic mass is 10.1. The fourth-order valence-electron chi connectivity index (χ4n) is 1.29. The molecule has 0 aliphatic heterocycles. The Hall–Kier alpha value is -0.540. The molecule has 1 aromatic carbocycles. The van der Waals surface area contributed by atoms with E-state index in [1.54, 1.807) is 11.8 Å². The third-order valence-electron chi connectivity index (χ3n) is 1.90. The van der Waals surface area contributed by atoms with Crippen LogP contribution in [-0.4, -0.2) is 11.4 Å². The molecule has 1 aromatic rings. The van der Waals surface area contributed by atoms with Gasteiger partial charge in [0.05, 0.1) is 6.04 Å². The first-order chi connectivity index (χ1) is 6.94. The maximum Gasteiger partial charge on any atom is 0.109 e. The summed E-state index contributed by atoms with van der Waals surface area (Å²) in [4.78, 5) is 1.08. The van der Waals surface area contributed by atoms with Gasteiger partial charge in [0.1, 0.15) is 6.67 Å². The Balaban J connectivity index is 2.96. The van der Waals surface area contributed by atoms with Gasteiger partial charge < -0.3 is 5.73 Å². The first-order valence-electron chi connectivity index (χ1n) is 5.03. The largest absolute Gasteiger partial charge is 0.322 e. The fourth-order valence-corrected chi connectivity index (χ4v) is 2.44. The Labute approximate surface area is 95.2 Å². The predicted molar refractivity (Wildman–Crippen MR) is 65.0 cm³/mol. The van der Waals surface area contributed by atoms with Crippen molar-refractivity contribution in [3.63, 3.8) is 0 Å². The van der Waals surface area contributed by atoms with E-state index in [-0.39, 0.29) is 4.75 Å². The van der Waals surface area contributed by atoms with Crippen LogP contribution in [0.2, 0.25) is 0 Å². The summed E-state index contributed by atoms with van der Waals surface area (Å²) in [5.41, 5.74) is 6.63. The van der Waals surface area contributed by atoms with E-state index in [4.69, 9.17) is 5.73 Å². The van der Waals surface area contributed by atoms with E-state index in [1.165, 1.54) is 0 Å². The van der Waals surface area contributed by atoms with E-state index in [2.05, 4.69) is 20.8 Å². The second-order valence-corrected chi connectivity index (χ2v) is 6.38. The molecule has 1 atom stereocenters. The van der Waals surface area contributed by atoms with Crippen LogP contribution in [0.1, 0.15) is 32.4 Å². The molecule has 0 saturated carbocycles. The van der Waals surface area contributed by atoms with Crippen LogP contribution >= 0.6 is 11.8 Å². The smallest absolute Gasteiger partial charge is 0.109 e. The topological polar surface area (TPSA) is 26.0 Å². The van der Waals surface area contributed by atoms with Gasteiger partial charge in [-0.3, -0.25) is 0 Å². The molecule has 0 saturated heterocycles. The van der Waals surface area contributed by atoms with Crippen molar-refractivity contribution in [1.29, 1.82) is 0 Å². The van der Waals surface area contributed by atoms with E-state index in [0.717, 1.165) is 10.5 Å². The summed E-state index contributed by atoms with van der Waals surface area (Å²) in [5, 5.41) is 0. The molecule has 1 rings (SSSR count). The summed E-state index contributed by atoms with van der Waals surface area (Å²) >= 11 is 1.72. The summed E-state index contributed by atoms with van der Waals surface area (Å²) in [7, 11) is 0. The molecule has 15 heavy (non-hydrogen) atoms. The van der Waals surface area contributed by atoms with Gasteiger partial charge in [-0.05, 0) is 11.6 Å². The van der Waals surface area contributed by atoms with Crippen molar-refractivity contribution in [2.75, 3.05) is 6.67 Å². The molecule has 0 aliphatic carbocycles. The first-order valence-corrected chi connectivity index (χ1v) is 5.85. The van der Waals surface area contributed by atoms with Crippen molar-refractivity contribution in [3.05, 3.63) is 29.8 Å². The number of rotatable bonds is 3. The molecular weight excluding hydrogens is 209 g/mol. The minimum absolute atomic E-state index is 0.117. The van der Waals surface area contributed by atoms with Crippen LogP contribution < -0.4 is 5.73 Å². The summed E-state index contributed by atoms with van der Waals surface area (Å²) in [5.74, 6) is 0. The van der Waals surface area contributed by atoms with Gasteiger partial charge in [-0.25, -0.2) is 4.39 Å². The van der Waals surface area contributed by atoms with Crippen molar-refractivity contribution in [2.45, 2.75) is 36.5 Å². The lowest BCUT2D eigenvalue weighted by Gasteiger charge is -2.21. The molecule has 0 fully saturated rings. The number of nitrogens with two attached hydrogens (primary N) is 1. The molecule has 0 radical (unpaired) electrons. The Morgan fingerprint density at radius 3 is 2.47 bits per heavy atom. The highest BCUT2D eigenvalue weighted by Gasteiger charge is 2.17. The van der Waals surface area contributed by atoms with Crippen molar-refractivity contribution in [3.8, 4) is 0 Å². The standard InChI is InChI=1S/C12H18FNS/c1-12(2,3)15-11-7-5-4-6-9(11)10(14)8-13/h4-7,10H,8,14H2,1-3H3/t10-/m0/s1. The number of thioether (sulfide) groups is 1. The first kappa shape index (κ1) is 12.5. The van der Waals surface area contributed by atoms with Crippen molar-refractivity contribution >= 4 is 11.8 Å². The quantitative estimate of drug-likeness (QED) is 0.799. The number of halogens is 1. The molecule has 0 spiro atoms. The zero-order valence-corrected chi connectivity index (χ0v) is 10.3. The van der Waals surface area contributed by atoms with Crippen LogP contribution in [0, 0.1) is 0 Å². The van der Waals surface area contributed by atoms with Gasteiger partial charge in [0.2, 0.25) is 0 Å². The van der Waals surface area contributed by atoms with Crippen LogP contribution in [0.5, 0.6) is 0 Å². The van der Waals surface area contributed by atoms with Crippen LogP contribution in [0.4, 0.5) is 4.39 Å². The van der Waals surface area contributed by atoms with Gasteiger partial charge >= 0.3 is 0 Å². The predicted octanol–water partition coefficient (Wildman–Crippen LogP) is 3.55. The molecule has 84 valence electrons. The molecule has 3 heteroatoms. The lowest BCUT2D eigenvalue weighted by molar-refractivity contribution is 0.434. The van der Waals surface area contributed by atoms with Gasteiger partial charge in [-0.2, -0.15) is 0 Å². The van der Waals surface area contributed by atoms with E-state index in [0.29, 0.717) is 0 Å². The number of benzene rings is 1. The Bertz CT molecular complexity index is 320. The highest BCUT2D eigenvalue weighted by atomic mass is 32.2. The molecule has 0 aliphatic rings. The average Bonchev–Trinajstić information content (AvgIpc) is 2.15. The molecular formula is C12H18FNS. The second-order valence-electron chi connectivity index (χ2n) is 4.51. The number of hydrogen-bond acceptors (Lipinski definition) is 2. The van der Waals surface area contributed by atoms with Gasteiger partial charge in [0.15, 0.2) is 0 Å². The molecule has 0 bridgehead atoms. The third kappa shape index (κ3) is 3.84. The van der Waals surface area contributed by atoms with Crippen molar-refractivity contribution in [1.82, 2.24) is 0 Å². The summed E-state index contributed by atoms with van der Waals surface area (Å²) in [6.07, 6.45) is 0. The highest BCUT2D eigenvalue weighted by Crippen LogP contribution is 2.35. The summed E-state index contributed by atoms with van der Waals surface area (Å²) in [6, 6.07) is 7.26. The van der Waals surface area contributed by atoms with Crippen LogP contribution in [0.25, 0.3) is 0 Å². The van der Waals surface area contributed by atoms with Crippen LogP contribution in [0.15, 0.2) is 29.2 Å². The van der Waals surface area contributed by atoms with Crippen LogP contribution in [0.3, 0.4) is 0 Å². The lowest BCUT2D eigenvalue weighted by Crippen LogP contribution is -2.15. The summed E-state index contributed by atoms with van der Waals surface area (Å²) in [6.45, 7) is 5.89. The maximum atomic E-state index is 12.6. The zero-order chi connectivity index (χ0) is 11.5. The second kappa shape index (κ2) is 4.99. The molecule has 0 unspecified atom stereocenters. The zero-order valence-electron chi connectivity index (χ0n) is 9.46. The van der Waals surface area contributed by atoms with Crippen molar-refractivity contribution < 1.29 is 4.39 Å². The normalized spacial score (nSPS) is 13.9. The van der Waals surface area contributed by atoms with Gasteiger partial charge in [-0.15, -0.1) is 11.8 Å². The highest BCUT2D eigenvalue weighted by molar-refractivity contribution is 8.00. The number of hydrogen-bond donors (Lipinski definition) is 1. The van der Waals surface area contributed by atoms with E-state index >= 15 is 0 Å². The van der Waals surface area contributed by atoms with Crippen LogP contribution in [-0.2, 0) is 0 Å².